The van der Waals surface area contributed by atoms with Gasteiger partial charge in [0.1, 0.15) is 5.82 Å². The van der Waals surface area contributed by atoms with Crippen molar-refractivity contribution in [2.45, 2.75) is 13.0 Å². The lowest BCUT2D eigenvalue weighted by Crippen LogP contribution is -2.31. The number of nitrogens with one attached hydrogen (secondary N) is 1. The van der Waals surface area contributed by atoms with E-state index in [9.17, 15) is 4.79 Å². The Bertz CT molecular complexity index is 803. The highest BCUT2D eigenvalue weighted by Crippen LogP contribution is 2.34. The highest BCUT2D eigenvalue weighted by molar-refractivity contribution is 5.94. The van der Waals surface area contributed by atoms with Gasteiger partial charge in [0.2, 0.25) is 0 Å². The summed E-state index contributed by atoms with van der Waals surface area (Å²) in [5.41, 5.74) is 3.00. The van der Waals surface area contributed by atoms with E-state index in [1.54, 1.807) is 32.6 Å². The zero-order chi connectivity index (χ0) is 18.5. The minimum Gasteiger partial charge on any atom is -0.493 e. The number of pyridine rings is 1. The Morgan fingerprint density at radius 1 is 1.27 bits per heavy atom. The molecule has 1 aromatic heterocycles. The maximum absolute atomic E-state index is 11.9. The second-order valence-corrected chi connectivity index (χ2v) is 6.05. The highest BCUT2D eigenvalue weighted by atomic mass is 16.5. The fourth-order valence-electron chi connectivity index (χ4n) is 3.05. The van der Waals surface area contributed by atoms with E-state index in [1.807, 2.05) is 18.2 Å². The second-order valence-electron chi connectivity index (χ2n) is 6.05. The number of methoxy groups -OCH3 is 2. The van der Waals surface area contributed by atoms with Crippen LogP contribution in [0.1, 0.15) is 21.5 Å². The van der Waals surface area contributed by atoms with Crippen LogP contribution in [0.15, 0.2) is 43.1 Å². The molecule has 1 amide bonds. The number of ether oxygens (including phenoxy) is 2. The Kier molecular flexibility index (Phi) is 5.41. The van der Waals surface area contributed by atoms with E-state index in [0.29, 0.717) is 12.1 Å². The zero-order valence-electron chi connectivity index (χ0n) is 15.1. The SMILES string of the molecule is C=CCNC(=O)c1ccc(N2CCc3cc(OC)c(OC)cc3C2)nc1. The molecule has 0 unspecified atom stereocenters. The number of carbonyl (C=O) groups is 1. The molecule has 0 bridgehead atoms. The van der Waals surface area contributed by atoms with Crippen molar-refractivity contribution >= 4 is 11.7 Å². The number of amides is 1. The summed E-state index contributed by atoms with van der Waals surface area (Å²) in [6.07, 6.45) is 4.16. The molecule has 3 rings (SSSR count). The summed E-state index contributed by atoms with van der Waals surface area (Å²) in [5.74, 6) is 2.19. The topological polar surface area (TPSA) is 63.7 Å². The molecule has 1 aliphatic heterocycles. The number of hydrogen-bond donors (Lipinski definition) is 1. The van der Waals surface area contributed by atoms with Crippen molar-refractivity contribution in [2.75, 3.05) is 32.2 Å². The highest BCUT2D eigenvalue weighted by Gasteiger charge is 2.20. The molecule has 0 radical (unpaired) electrons. The lowest BCUT2D eigenvalue weighted by molar-refractivity contribution is 0.0957. The van der Waals surface area contributed by atoms with Crippen LogP contribution in [0.2, 0.25) is 0 Å². The van der Waals surface area contributed by atoms with E-state index in [1.165, 1.54) is 11.1 Å². The number of anilines is 1. The Hall–Kier alpha value is -3.02. The third kappa shape index (κ3) is 3.64. The summed E-state index contributed by atoms with van der Waals surface area (Å²) in [6, 6.07) is 7.75. The normalized spacial score (nSPS) is 12.9. The molecular formula is C20H23N3O3. The van der Waals surface area contributed by atoms with Crippen LogP contribution in [0.3, 0.4) is 0 Å². The van der Waals surface area contributed by atoms with Gasteiger partial charge in [-0.2, -0.15) is 0 Å². The van der Waals surface area contributed by atoms with Crippen molar-refractivity contribution in [3.63, 3.8) is 0 Å². The zero-order valence-corrected chi connectivity index (χ0v) is 15.1. The van der Waals surface area contributed by atoms with Crippen LogP contribution in [0.25, 0.3) is 0 Å². The van der Waals surface area contributed by atoms with Crippen molar-refractivity contribution in [3.05, 3.63) is 59.8 Å². The van der Waals surface area contributed by atoms with E-state index in [-0.39, 0.29) is 5.91 Å². The molecule has 26 heavy (non-hydrogen) atoms. The number of hydrogen-bond acceptors (Lipinski definition) is 5. The molecule has 0 aliphatic carbocycles. The van der Waals surface area contributed by atoms with Gasteiger partial charge in [-0.1, -0.05) is 6.08 Å². The van der Waals surface area contributed by atoms with Crippen LogP contribution in [-0.2, 0) is 13.0 Å². The van der Waals surface area contributed by atoms with Gasteiger partial charge in [-0.05, 0) is 41.8 Å². The molecule has 6 nitrogen and oxygen atoms in total. The first-order chi connectivity index (χ1) is 12.7. The first-order valence-electron chi connectivity index (χ1n) is 8.50. The summed E-state index contributed by atoms with van der Waals surface area (Å²) in [7, 11) is 3.29. The van der Waals surface area contributed by atoms with Gasteiger partial charge in [0.25, 0.3) is 5.91 Å². The minimum absolute atomic E-state index is 0.148. The van der Waals surface area contributed by atoms with Crippen molar-refractivity contribution in [1.82, 2.24) is 10.3 Å². The van der Waals surface area contributed by atoms with Crippen LogP contribution in [-0.4, -0.2) is 38.2 Å². The maximum Gasteiger partial charge on any atom is 0.253 e. The van der Waals surface area contributed by atoms with E-state index in [0.717, 1.165) is 36.8 Å². The van der Waals surface area contributed by atoms with Crippen molar-refractivity contribution in [3.8, 4) is 11.5 Å². The lowest BCUT2D eigenvalue weighted by Gasteiger charge is -2.30. The maximum atomic E-state index is 11.9. The van der Waals surface area contributed by atoms with Crippen LogP contribution in [0.4, 0.5) is 5.82 Å². The number of carbonyl (C=O) groups excluding carboxylic acids is 1. The van der Waals surface area contributed by atoms with Crippen LogP contribution >= 0.6 is 0 Å². The molecular weight excluding hydrogens is 330 g/mol. The molecule has 2 heterocycles. The molecule has 1 aromatic carbocycles. The predicted molar refractivity (Wildman–Crippen MR) is 101 cm³/mol. The van der Waals surface area contributed by atoms with Gasteiger partial charge in [-0.25, -0.2) is 4.98 Å². The first-order valence-corrected chi connectivity index (χ1v) is 8.50. The number of rotatable bonds is 6. The third-order valence-corrected chi connectivity index (χ3v) is 4.46. The molecule has 6 heteroatoms. The lowest BCUT2D eigenvalue weighted by atomic mass is 9.98. The molecule has 0 fully saturated rings. The first kappa shape index (κ1) is 17.8. The summed E-state index contributed by atoms with van der Waals surface area (Å²) in [6.45, 7) is 5.63. The van der Waals surface area contributed by atoms with Gasteiger partial charge in [-0.3, -0.25) is 4.79 Å². The van der Waals surface area contributed by atoms with Gasteiger partial charge < -0.3 is 19.7 Å². The number of nitrogens with zero attached hydrogens (tertiary/aromatic N) is 2. The molecule has 1 N–H and O–H groups in total. The van der Waals surface area contributed by atoms with Crippen molar-refractivity contribution in [2.24, 2.45) is 0 Å². The van der Waals surface area contributed by atoms with E-state index < -0.39 is 0 Å². The Labute approximate surface area is 153 Å². The molecule has 0 atom stereocenters. The largest absolute Gasteiger partial charge is 0.493 e. The van der Waals surface area contributed by atoms with Crippen LogP contribution in [0.5, 0.6) is 11.5 Å². The Morgan fingerprint density at radius 3 is 2.62 bits per heavy atom. The van der Waals surface area contributed by atoms with Gasteiger partial charge in [0.15, 0.2) is 11.5 Å². The van der Waals surface area contributed by atoms with Crippen LogP contribution < -0.4 is 19.7 Å². The van der Waals surface area contributed by atoms with Gasteiger partial charge in [-0.15, -0.1) is 6.58 Å². The number of fused-ring (bicyclic) bond motifs is 1. The average molecular weight is 353 g/mol. The number of aromatic nitrogens is 1. The summed E-state index contributed by atoms with van der Waals surface area (Å²) >= 11 is 0. The quantitative estimate of drug-likeness (QED) is 0.809. The van der Waals surface area contributed by atoms with E-state index in [2.05, 4.69) is 21.8 Å². The monoisotopic (exact) mass is 353 g/mol. The van der Waals surface area contributed by atoms with Crippen LogP contribution in [0, 0.1) is 0 Å². The standard InChI is InChI=1S/C20H23N3O3/c1-4-8-21-20(24)15-5-6-19(22-12-15)23-9-7-14-10-17(25-2)18(26-3)11-16(14)13-23/h4-6,10-12H,1,7-9,13H2,2-3H3,(H,21,24). The molecule has 0 saturated heterocycles. The van der Waals surface area contributed by atoms with Gasteiger partial charge >= 0.3 is 0 Å². The fourth-order valence-corrected chi connectivity index (χ4v) is 3.05. The Morgan fingerprint density at radius 2 is 2.00 bits per heavy atom. The minimum atomic E-state index is -0.148. The molecule has 1 aliphatic rings. The molecule has 2 aromatic rings. The van der Waals surface area contributed by atoms with E-state index in [4.69, 9.17) is 9.47 Å². The third-order valence-electron chi connectivity index (χ3n) is 4.46. The Balaban J connectivity index is 1.76. The summed E-state index contributed by atoms with van der Waals surface area (Å²) < 4.78 is 10.8. The van der Waals surface area contributed by atoms with Crippen molar-refractivity contribution < 1.29 is 14.3 Å². The summed E-state index contributed by atoms with van der Waals surface area (Å²) in [5, 5.41) is 2.75. The molecule has 0 spiro atoms. The fraction of sp³-hybridized carbons (Fsp3) is 0.300. The molecule has 0 saturated carbocycles. The van der Waals surface area contributed by atoms with Gasteiger partial charge in [0.05, 0.1) is 19.8 Å². The van der Waals surface area contributed by atoms with Crippen molar-refractivity contribution in [1.29, 1.82) is 0 Å². The second kappa shape index (κ2) is 7.91. The smallest absolute Gasteiger partial charge is 0.253 e. The number of benzene rings is 1. The average Bonchev–Trinajstić information content (AvgIpc) is 2.70. The molecule has 136 valence electrons. The van der Waals surface area contributed by atoms with Gasteiger partial charge in [0, 0.05) is 25.8 Å². The van der Waals surface area contributed by atoms with E-state index >= 15 is 0 Å². The predicted octanol–water partition coefficient (Wildman–Crippen LogP) is 2.58. The summed E-state index contributed by atoms with van der Waals surface area (Å²) in [4.78, 5) is 18.6.